The summed E-state index contributed by atoms with van der Waals surface area (Å²) in [4.78, 5) is 13.8. The van der Waals surface area contributed by atoms with Crippen molar-refractivity contribution in [2.75, 3.05) is 19.6 Å². The van der Waals surface area contributed by atoms with Crippen LogP contribution in [-0.4, -0.2) is 36.0 Å². The van der Waals surface area contributed by atoms with Crippen molar-refractivity contribution in [1.82, 2.24) is 4.90 Å². The number of nitrogens with zero attached hydrogens (tertiary/aromatic N) is 2. The quantitative estimate of drug-likeness (QED) is 0.705. The number of nitrogens with one attached hydrogen (secondary N) is 1. The Morgan fingerprint density at radius 1 is 1.47 bits per heavy atom. The molecule has 4 nitrogen and oxygen atoms in total. The molecule has 0 saturated carbocycles. The number of piperidine rings is 1. The molecule has 15 heavy (non-hydrogen) atoms. The molecule has 0 bridgehead atoms. The standard InChI is InChI=1S/C11H17N3O/c1-9(13)10(7-12)11(15)8-14-5-3-2-4-6-14/h10,13H,2-6,8H2,1H3. The van der Waals surface area contributed by atoms with Crippen molar-refractivity contribution in [3.8, 4) is 6.07 Å². The van der Waals surface area contributed by atoms with E-state index in [1.165, 1.54) is 13.3 Å². The van der Waals surface area contributed by atoms with E-state index in [1.807, 2.05) is 6.07 Å². The lowest BCUT2D eigenvalue weighted by atomic mass is 10.00. The molecule has 1 rings (SSSR count). The molecule has 1 N–H and O–H groups in total. The number of ketones is 1. The number of hydrogen-bond donors (Lipinski definition) is 1. The molecule has 0 aromatic carbocycles. The van der Waals surface area contributed by atoms with Gasteiger partial charge in [0.15, 0.2) is 5.78 Å². The van der Waals surface area contributed by atoms with Gasteiger partial charge in [0.25, 0.3) is 0 Å². The van der Waals surface area contributed by atoms with Gasteiger partial charge in [-0.3, -0.25) is 9.69 Å². The van der Waals surface area contributed by atoms with E-state index in [9.17, 15) is 4.79 Å². The van der Waals surface area contributed by atoms with E-state index in [0.29, 0.717) is 6.54 Å². The third-order valence-corrected chi connectivity index (χ3v) is 2.71. The summed E-state index contributed by atoms with van der Waals surface area (Å²) in [5.41, 5.74) is 0.152. The molecule has 1 atom stereocenters. The van der Waals surface area contributed by atoms with Crippen molar-refractivity contribution in [2.45, 2.75) is 26.2 Å². The minimum absolute atomic E-state index is 0.132. The predicted molar refractivity (Wildman–Crippen MR) is 57.8 cm³/mol. The molecule has 1 fully saturated rings. The minimum Gasteiger partial charge on any atom is -0.308 e. The topological polar surface area (TPSA) is 68.0 Å². The maximum Gasteiger partial charge on any atom is 0.169 e. The Balaban J connectivity index is 2.46. The molecule has 1 aliphatic heterocycles. The first kappa shape index (κ1) is 11.9. The minimum atomic E-state index is -0.841. The van der Waals surface area contributed by atoms with Gasteiger partial charge in [-0.15, -0.1) is 0 Å². The van der Waals surface area contributed by atoms with Crippen LogP contribution in [0.15, 0.2) is 0 Å². The van der Waals surface area contributed by atoms with Gasteiger partial charge in [-0.05, 0) is 32.9 Å². The fraction of sp³-hybridized carbons (Fsp3) is 0.727. The van der Waals surface area contributed by atoms with Crippen molar-refractivity contribution in [3.63, 3.8) is 0 Å². The molecule has 0 radical (unpaired) electrons. The van der Waals surface area contributed by atoms with Crippen molar-refractivity contribution in [2.24, 2.45) is 5.92 Å². The molecule has 0 aromatic heterocycles. The fourth-order valence-corrected chi connectivity index (χ4v) is 1.84. The molecule has 0 aromatic rings. The Labute approximate surface area is 90.4 Å². The van der Waals surface area contributed by atoms with Crippen molar-refractivity contribution < 1.29 is 4.79 Å². The van der Waals surface area contributed by atoms with Gasteiger partial charge in [-0.25, -0.2) is 0 Å². The van der Waals surface area contributed by atoms with Crippen LogP contribution < -0.4 is 0 Å². The zero-order valence-electron chi connectivity index (χ0n) is 9.12. The van der Waals surface area contributed by atoms with Gasteiger partial charge in [-0.1, -0.05) is 6.42 Å². The van der Waals surface area contributed by atoms with Crippen molar-refractivity contribution in [3.05, 3.63) is 0 Å². The van der Waals surface area contributed by atoms with Gasteiger partial charge in [0.2, 0.25) is 0 Å². The van der Waals surface area contributed by atoms with Crippen LogP contribution in [0.4, 0.5) is 0 Å². The highest BCUT2D eigenvalue weighted by atomic mass is 16.1. The van der Waals surface area contributed by atoms with Crippen molar-refractivity contribution in [1.29, 1.82) is 10.7 Å². The zero-order chi connectivity index (χ0) is 11.3. The van der Waals surface area contributed by atoms with E-state index in [4.69, 9.17) is 10.7 Å². The molecular weight excluding hydrogens is 190 g/mol. The second-order valence-electron chi connectivity index (χ2n) is 4.05. The van der Waals surface area contributed by atoms with E-state index in [-0.39, 0.29) is 11.5 Å². The van der Waals surface area contributed by atoms with Crippen LogP contribution >= 0.6 is 0 Å². The molecule has 0 aliphatic carbocycles. The van der Waals surface area contributed by atoms with E-state index >= 15 is 0 Å². The lowest BCUT2D eigenvalue weighted by Crippen LogP contribution is -2.37. The smallest absolute Gasteiger partial charge is 0.169 e. The number of Topliss-reactive ketones (excluding diaryl/α,β-unsaturated/α-hetero) is 1. The van der Waals surface area contributed by atoms with Crippen LogP contribution in [0.1, 0.15) is 26.2 Å². The zero-order valence-corrected chi connectivity index (χ0v) is 9.12. The molecule has 1 saturated heterocycles. The molecule has 0 amide bonds. The summed E-state index contributed by atoms with van der Waals surface area (Å²) in [6, 6.07) is 1.89. The maximum absolute atomic E-state index is 11.7. The molecule has 0 spiro atoms. The number of carbonyl (C=O) groups excluding carboxylic acids is 1. The van der Waals surface area contributed by atoms with Gasteiger partial charge in [0.1, 0.15) is 5.92 Å². The predicted octanol–water partition coefficient (Wildman–Crippen LogP) is 1.22. The van der Waals surface area contributed by atoms with E-state index < -0.39 is 5.92 Å². The molecule has 4 heteroatoms. The Bertz CT molecular complexity index is 287. The maximum atomic E-state index is 11.7. The highest BCUT2D eigenvalue weighted by molar-refractivity contribution is 6.05. The van der Waals surface area contributed by atoms with Crippen LogP contribution in [0.2, 0.25) is 0 Å². The molecular formula is C11H17N3O. The number of carbonyl (C=O) groups is 1. The van der Waals surface area contributed by atoms with E-state index in [0.717, 1.165) is 25.9 Å². The monoisotopic (exact) mass is 207 g/mol. The van der Waals surface area contributed by atoms with E-state index in [1.54, 1.807) is 0 Å². The Hall–Kier alpha value is -1.21. The average molecular weight is 207 g/mol. The second kappa shape index (κ2) is 5.62. The largest absolute Gasteiger partial charge is 0.308 e. The Kier molecular flexibility index (Phi) is 4.44. The summed E-state index contributed by atoms with van der Waals surface area (Å²) in [7, 11) is 0. The lowest BCUT2D eigenvalue weighted by molar-refractivity contribution is -0.121. The third-order valence-electron chi connectivity index (χ3n) is 2.71. The highest BCUT2D eigenvalue weighted by Gasteiger charge is 2.22. The normalized spacial score (nSPS) is 19.2. The molecule has 1 heterocycles. The van der Waals surface area contributed by atoms with Gasteiger partial charge in [0, 0.05) is 5.71 Å². The molecule has 82 valence electrons. The Morgan fingerprint density at radius 3 is 2.53 bits per heavy atom. The summed E-state index contributed by atoms with van der Waals surface area (Å²) in [5, 5.41) is 16.1. The summed E-state index contributed by atoms with van der Waals surface area (Å²) < 4.78 is 0. The first-order valence-electron chi connectivity index (χ1n) is 5.35. The number of nitriles is 1. The third kappa shape index (κ3) is 3.45. The van der Waals surface area contributed by atoms with Gasteiger partial charge in [0.05, 0.1) is 12.6 Å². The average Bonchev–Trinajstić information content (AvgIpc) is 2.19. The Morgan fingerprint density at radius 2 is 2.07 bits per heavy atom. The number of rotatable bonds is 4. The highest BCUT2D eigenvalue weighted by Crippen LogP contribution is 2.10. The van der Waals surface area contributed by atoms with Crippen molar-refractivity contribution >= 4 is 11.5 Å². The van der Waals surface area contributed by atoms with E-state index in [2.05, 4.69) is 4.90 Å². The van der Waals surface area contributed by atoms with Crippen LogP contribution in [0, 0.1) is 22.7 Å². The van der Waals surface area contributed by atoms with Gasteiger partial charge in [-0.2, -0.15) is 5.26 Å². The second-order valence-corrected chi connectivity index (χ2v) is 4.05. The first-order chi connectivity index (χ1) is 7.15. The van der Waals surface area contributed by atoms with Crippen LogP contribution in [0.3, 0.4) is 0 Å². The van der Waals surface area contributed by atoms with Crippen LogP contribution in [0.25, 0.3) is 0 Å². The van der Waals surface area contributed by atoms with Crippen LogP contribution in [0.5, 0.6) is 0 Å². The lowest BCUT2D eigenvalue weighted by Gasteiger charge is -2.26. The number of hydrogen-bond acceptors (Lipinski definition) is 4. The summed E-state index contributed by atoms with van der Waals surface area (Å²) >= 11 is 0. The van der Waals surface area contributed by atoms with Gasteiger partial charge < -0.3 is 5.41 Å². The summed E-state index contributed by atoms with van der Waals surface area (Å²) in [5.74, 6) is -0.973. The van der Waals surface area contributed by atoms with Gasteiger partial charge >= 0.3 is 0 Å². The summed E-state index contributed by atoms with van der Waals surface area (Å²) in [6.07, 6.45) is 3.50. The molecule has 1 unspecified atom stereocenters. The van der Waals surface area contributed by atoms with Crippen LogP contribution in [-0.2, 0) is 4.79 Å². The first-order valence-corrected chi connectivity index (χ1v) is 5.35. The summed E-state index contributed by atoms with van der Waals surface area (Å²) in [6.45, 7) is 3.73. The fourth-order valence-electron chi connectivity index (χ4n) is 1.84. The number of likely N-dealkylation sites (tertiary alicyclic amines) is 1. The molecule has 1 aliphatic rings. The SMILES string of the molecule is CC(=N)C(C#N)C(=O)CN1CCCCC1.